The summed E-state index contributed by atoms with van der Waals surface area (Å²) in [6, 6.07) is 53.0. The van der Waals surface area contributed by atoms with Crippen molar-refractivity contribution in [2.24, 2.45) is 0 Å². The first kappa shape index (κ1) is 23.9. The van der Waals surface area contributed by atoms with Crippen LogP contribution >= 0.6 is 0 Å². The third-order valence-corrected chi connectivity index (χ3v) is 8.45. The van der Waals surface area contributed by atoms with Gasteiger partial charge in [0.05, 0.1) is 22.4 Å². The Morgan fingerprint density at radius 3 is 1.86 bits per heavy atom. The minimum Gasteiger partial charge on any atom is -0.455 e. The normalized spacial score (nSPS) is 11.7. The zero-order valence-electron chi connectivity index (χ0n) is 23.2. The summed E-state index contributed by atoms with van der Waals surface area (Å²) in [5.41, 5.74) is 8.74. The predicted molar refractivity (Wildman–Crippen MR) is 179 cm³/mol. The number of para-hydroxylation sites is 3. The lowest BCUT2D eigenvalue weighted by Gasteiger charge is -2.29. The van der Waals surface area contributed by atoms with Crippen LogP contribution in [-0.4, -0.2) is 0 Å². The third-order valence-electron chi connectivity index (χ3n) is 8.45. The van der Waals surface area contributed by atoms with E-state index in [2.05, 4.69) is 132 Å². The number of hydrogen-bond donors (Lipinski definition) is 0. The summed E-state index contributed by atoms with van der Waals surface area (Å²) in [4.78, 5) is 2.37. The van der Waals surface area contributed by atoms with Gasteiger partial charge in [0, 0.05) is 27.1 Å². The zero-order chi connectivity index (χ0) is 28.3. The highest BCUT2D eigenvalue weighted by Crippen LogP contribution is 2.50. The Kier molecular flexibility index (Phi) is 5.20. The van der Waals surface area contributed by atoms with E-state index in [9.17, 15) is 0 Å². The summed E-state index contributed by atoms with van der Waals surface area (Å²) >= 11 is 0. The number of benzene rings is 7. The van der Waals surface area contributed by atoms with Gasteiger partial charge in [0.1, 0.15) is 16.7 Å². The second-order valence-corrected chi connectivity index (χ2v) is 10.9. The monoisotopic (exact) mass is 551 g/mol. The Hall–Kier alpha value is -5.80. The van der Waals surface area contributed by atoms with E-state index in [0.29, 0.717) is 0 Å². The van der Waals surface area contributed by atoms with E-state index in [1.165, 1.54) is 5.39 Å². The SMILES string of the molecule is c1ccc(-c2ccccc2N(c2cccc3ccccc23)c2cc3c4ccccc4oc3c3c2oc2ccccc23)cc1. The molecule has 0 saturated heterocycles. The summed E-state index contributed by atoms with van der Waals surface area (Å²) in [6.45, 7) is 0. The van der Waals surface area contributed by atoms with Gasteiger partial charge in [-0.3, -0.25) is 0 Å². The molecule has 0 atom stereocenters. The summed E-state index contributed by atoms with van der Waals surface area (Å²) in [5, 5.41) is 6.51. The number of hydrogen-bond acceptors (Lipinski definition) is 3. The van der Waals surface area contributed by atoms with E-state index >= 15 is 0 Å². The fourth-order valence-corrected chi connectivity index (χ4v) is 6.54. The van der Waals surface area contributed by atoms with E-state index in [4.69, 9.17) is 8.83 Å². The molecule has 9 rings (SSSR count). The smallest absolute Gasteiger partial charge is 0.163 e. The van der Waals surface area contributed by atoms with Crippen molar-refractivity contribution in [3.63, 3.8) is 0 Å². The van der Waals surface area contributed by atoms with Crippen molar-refractivity contribution < 1.29 is 8.83 Å². The molecule has 0 N–H and O–H groups in total. The van der Waals surface area contributed by atoms with Gasteiger partial charge in [-0.2, -0.15) is 0 Å². The number of furan rings is 2. The van der Waals surface area contributed by atoms with Gasteiger partial charge in [-0.1, -0.05) is 121 Å². The van der Waals surface area contributed by atoms with Gasteiger partial charge >= 0.3 is 0 Å². The van der Waals surface area contributed by atoms with Gasteiger partial charge in [0.15, 0.2) is 5.58 Å². The molecule has 7 aromatic carbocycles. The van der Waals surface area contributed by atoms with E-state index in [1.807, 2.05) is 24.3 Å². The van der Waals surface area contributed by atoms with Crippen LogP contribution in [-0.2, 0) is 0 Å². The van der Waals surface area contributed by atoms with E-state index in [0.717, 1.165) is 77.5 Å². The average molecular weight is 552 g/mol. The quantitative estimate of drug-likeness (QED) is 0.218. The van der Waals surface area contributed by atoms with Crippen LogP contribution in [0, 0.1) is 0 Å². The summed E-state index contributed by atoms with van der Waals surface area (Å²) in [7, 11) is 0. The number of fused-ring (bicyclic) bond motifs is 8. The van der Waals surface area contributed by atoms with E-state index < -0.39 is 0 Å². The van der Waals surface area contributed by atoms with Crippen molar-refractivity contribution in [1.29, 1.82) is 0 Å². The molecule has 0 radical (unpaired) electrons. The molecular weight excluding hydrogens is 526 g/mol. The zero-order valence-corrected chi connectivity index (χ0v) is 23.2. The molecule has 0 aliphatic carbocycles. The molecule has 0 spiro atoms. The van der Waals surface area contributed by atoms with Crippen LogP contribution in [0.1, 0.15) is 0 Å². The fraction of sp³-hybridized carbons (Fsp3) is 0. The average Bonchev–Trinajstić information content (AvgIpc) is 3.64. The molecule has 2 heterocycles. The summed E-state index contributed by atoms with van der Waals surface area (Å²) in [5.74, 6) is 0. The largest absolute Gasteiger partial charge is 0.455 e. The predicted octanol–water partition coefficient (Wildman–Crippen LogP) is 11.8. The van der Waals surface area contributed by atoms with Gasteiger partial charge in [-0.05, 0) is 41.3 Å². The lowest BCUT2D eigenvalue weighted by molar-refractivity contribution is 0.663. The molecule has 0 aliphatic heterocycles. The molecule has 9 aromatic rings. The maximum Gasteiger partial charge on any atom is 0.163 e. The first-order valence-corrected chi connectivity index (χ1v) is 14.5. The van der Waals surface area contributed by atoms with Crippen molar-refractivity contribution in [2.45, 2.75) is 0 Å². The highest BCUT2D eigenvalue weighted by molar-refractivity contribution is 6.26. The minimum absolute atomic E-state index is 0.795. The van der Waals surface area contributed by atoms with Crippen LogP contribution in [0.3, 0.4) is 0 Å². The van der Waals surface area contributed by atoms with Crippen molar-refractivity contribution in [3.05, 3.63) is 152 Å². The first-order valence-electron chi connectivity index (χ1n) is 14.5. The summed E-state index contributed by atoms with van der Waals surface area (Å²) in [6.07, 6.45) is 0. The van der Waals surface area contributed by atoms with E-state index in [1.54, 1.807) is 0 Å². The number of anilines is 3. The van der Waals surface area contributed by atoms with Crippen LogP contribution in [0.2, 0.25) is 0 Å². The molecular formula is C40H25NO2. The second kappa shape index (κ2) is 9.37. The molecule has 0 bridgehead atoms. The van der Waals surface area contributed by atoms with Crippen LogP contribution in [0.25, 0.3) is 65.8 Å². The maximum atomic E-state index is 6.77. The van der Waals surface area contributed by atoms with Crippen molar-refractivity contribution >= 4 is 71.7 Å². The Bertz CT molecular complexity index is 2460. The van der Waals surface area contributed by atoms with Gasteiger partial charge in [0.2, 0.25) is 0 Å². The van der Waals surface area contributed by atoms with Crippen molar-refractivity contribution in [2.75, 3.05) is 4.90 Å². The van der Waals surface area contributed by atoms with Crippen LogP contribution in [0.5, 0.6) is 0 Å². The molecule has 202 valence electrons. The Balaban J connectivity index is 1.48. The topological polar surface area (TPSA) is 29.5 Å². The standard InChI is InChI=1S/C40H25NO2/c1-2-13-26(14-3-1)28-18-6-9-21-33(28)41(34-22-12-16-27-15-4-5-17-29(27)34)35-25-32-30-19-7-10-23-36(30)42-39(32)38-31-20-8-11-24-37(31)43-40(35)38/h1-25H. The second-order valence-electron chi connectivity index (χ2n) is 10.9. The molecule has 0 aliphatic rings. The lowest BCUT2D eigenvalue weighted by Crippen LogP contribution is -2.12. The van der Waals surface area contributed by atoms with Crippen molar-refractivity contribution in [3.8, 4) is 11.1 Å². The Labute approximate surface area is 247 Å². The molecule has 0 saturated carbocycles. The summed E-state index contributed by atoms with van der Waals surface area (Å²) < 4.78 is 13.3. The van der Waals surface area contributed by atoms with Crippen LogP contribution < -0.4 is 4.90 Å². The molecule has 43 heavy (non-hydrogen) atoms. The maximum absolute atomic E-state index is 6.77. The molecule has 2 aromatic heterocycles. The van der Waals surface area contributed by atoms with Gasteiger partial charge in [0.25, 0.3) is 0 Å². The van der Waals surface area contributed by atoms with Crippen LogP contribution in [0.4, 0.5) is 17.1 Å². The fourth-order valence-electron chi connectivity index (χ4n) is 6.54. The number of rotatable bonds is 4. The van der Waals surface area contributed by atoms with E-state index in [-0.39, 0.29) is 0 Å². The Morgan fingerprint density at radius 2 is 1.00 bits per heavy atom. The Morgan fingerprint density at radius 1 is 0.395 bits per heavy atom. The molecule has 0 unspecified atom stereocenters. The molecule has 0 amide bonds. The number of nitrogens with zero attached hydrogens (tertiary/aromatic N) is 1. The molecule has 3 nitrogen and oxygen atoms in total. The van der Waals surface area contributed by atoms with Gasteiger partial charge < -0.3 is 13.7 Å². The van der Waals surface area contributed by atoms with Gasteiger partial charge in [-0.15, -0.1) is 0 Å². The highest BCUT2D eigenvalue weighted by Gasteiger charge is 2.26. The third kappa shape index (κ3) is 3.62. The minimum atomic E-state index is 0.795. The molecule has 3 heteroatoms. The lowest BCUT2D eigenvalue weighted by atomic mass is 9.99. The van der Waals surface area contributed by atoms with Crippen molar-refractivity contribution in [1.82, 2.24) is 0 Å². The molecule has 0 fully saturated rings. The highest BCUT2D eigenvalue weighted by atomic mass is 16.3. The van der Waals surface area contributed by atoms with Crippen LogP contribution in [0.15, 0.2) is 160 Å². The first-order chi connectivity index (χ1) is 21.3. The van der Waals surface area contributed by atoms with Gasteiger partial charge in [-0.25, -0.2) is 0 Å².